The van der Waals surface area contributed by atoms with Crippen LogP contribution in [0.15, 0.2) is 30.3 Å². The van der Waals surface area contributed by atoms with Crippen molar-refractivity contribution in [2.45, 2.75) is 13.0 Å². The average molecular weight is 313 g/mol. The minimum atomic E-state index is -2.48. The van der Waals surface area contributed by atoms with E-state index in [0.717, 1.165) is 0 Å². The van der Waals surface area contributed by atoms with Gasteiger partial charge in [-0.2, -0.15) is 0 Å². The number of benzene rings is 1. The van der Waals surface area contributed by atoms with E-state index in [1.807, 2.05) is 0 Å². The van der Waals surface area contributed by atoms with E-state index in [1.54, 1.807) is 43.7 Å². The third kappa shape index (κ3) is 6.56. The van der Waals surface area contributed by atoms with Gasteiger partial charge in [0.25, 0.3) is 0 Å². The number of carbonyl (C=O) groups is 2. The molecule has 0 aliphatic carbocycles. The van der Waals surface area contributed by atoms with Crippen LogP contribution >= 0.6 is 7.14 Å². The van der Waals surface area contributed by atoms with Gasteiger partial charge in [-0.1, -0.05) is 18.2 Å². The summed E-state index contributed by atoms with van der Waals surface area (Å²) >= 11 is 0. The summed E-state index contributed by atoms with van der Waals surface area (Å²) in [5, 5.41) is 9.94. The maximum Gasteiger partial charge on any atom is 0.338 e. The number of carbonyl (C=O) groups excluding carboxylic acids is 2. The topological polar surface area (TPSA) is 83.9 Å². The summed E-state index contributed by atoms with van der Waals surface area (Å²) in [7, 11) is -2.48. The van der Waals surface area contributed by atoms with Gasteiger partial charge >= 0.3 is 5.97 Å². The average Bonchev–Trinajstić information content (AvgIpc) is 2.37. The zero-order valence-corrected chi connectivity index (χ0v) is 13.2. The largest absolute Gasteiger partial charge is 0.456 e. The molecule has 1 unspecified atom stereocenters. The van der Waals surface area contributed by atoms with E-state index < -0.39 is 25.1 Å². The number of hydrogen-bond donors (Lipinski definition) is 1. The summed E-state index contributed by atoms with van der Waals surface area (Å²) in [6.45, 7) is 4.10. The van der Waals surface area contributed by atoms with E-state index >= 15 is 0 Å². The second kappa shape index (κ2) is 7.38. The molecule has 0 fully saturated rings. The fourth-order valence-electron chi connectivity index (χ4n) is 1.74. The molecule has 1 amide bonds. The van der Waals surface area contributed by atoms with Gasteiger partial charge in [0.2, 0.25) is 5.91 Å². The van der Waals surface area contributed by atoms with Crippen molar-refractivity contribution in [3.8, 4) is 0 Å². The summed E-state index contributed by atoms with van der Waals surface area (Å²) in [6.07, 6.45) is -0.733. The lowest BCUT2D eigenvalue weighted by atomic mass is 10.2. The van der Waals surface area contributed by atoms with Gasteiger partial charge in [-0.3, -0.25) is 10.0 Å². The predicted molar refractivity (Wildman–Crippen MR) is 79.1 cm³/mol. The van der Waals surface area contributed by atoms with Crippen LogP contribution in [0, 0.1) is 0 Å². The number of hydroxylamine groups is 2. The molecule has 1 N–H and O–H groups in total. The van der Waals surface area contributed by atoms with Crippen molar-refractivity contribution in [2.75, 3.05) is 26.0 Å². The summed E-state index contributed by atoms with van der Waals surface area (Å²) < 4.78 is 17.2. The molecule has 21 heavy (non-hydrogen) atoms. The summed E-state index contributed by atoms with van der Waals surface area (Å²) in [5.41, 5.74) is 0.358. The molecular weight excluding hydrogens is 293 g/mol. The normalized spacial score (nSPS) is 12.6. The zero-order valence-electron chi connectivity index (χ0n) is 12.4. The Balaban J connectivity index is 2.79. The first-order valence-corrected chi connectivity index (χ1v) is 9.24. The lowest BCUT2D eigenvalue weighted by Crippen LogP contribution is -2.37. The standard InChI is InChI=1S/C14H20NO5P/c1-11(16)15(18)9-13(10-21(2,3)19)20-14(17)12-7-5-4-6-8-12/h4-8,13,18H,9-10H2,1-3H3. The molecule has 116 valence electrons. The number of amides is 1. The molecule has 0 aliphatic heterocycles. The summed E-state index contributed by atoms with van der Waals surface area (Å²) in [4.78, 5) is 23.1. The minimum Gasteiger partial charge on any atom is -0.456 e. The van der Waals surface area contributed by atoms with Crippen LogP contribution in [0.1, 0.15) is 17.3 Å². The molecule has 1 aromatic rings. The summed E-state index contributed by atoms with van der Waals surface area (Å²) in [6, 6.07) is 8.36. The van der Waals surface area contributed by atoms with E-state index in [2.05, 4.69) is 0 Å². The maximum atomic E-state index is 12.0. The van der Waals surface area contributed by atoms with Gasteiger partial charge in [-0.05, 0) is 25.5 Å². The molecule has 7 heteroatoms. The number of ether oxygens (including phenoxy) is 1. The molecule has 0 aromatic heterocycles. The van der Waals surface area contributed by atoms with Crippen LogP contribution in [0.25, 0.3) is 0 Å². The molecule has 0 aliphatic rings. The SMILES string of the molecule is CC(=O)N(O)CC(CP(C)(C)=O)OC(=O)c1ccccc1. The van der Waals surface area contributed by atoms with E-state index in [-0.39, 0.29) is 12.7 Å². The molecule has 1 aromatic carbocycles. The second-order valence-electron chi connectivity index (χ2n) is 5.25. The Morgan fingerprint density at radius 1 is 1.29 bits per heavy atom. The van der Waals surface area contributed by atoms with E-state index in [0.29, 0.717) is 10.6 Å². The van der Waals surface area contributed by atoms with Crippen molar-refractivity contribution in [3.05, 3.63) is 35.9 Å². The molecule has 6 nitrogen and oxygen atoms in total. The quantitative estimate of drug-likeness (QED) is 0.376. The number of esters is 1. The van der Waals surface area contributed by atoms with Crippen molar-refractivity contribution < 1.29 is 24.1 Å². The minimum absolute atomic E-state index is 0.0932. The fourth-order valence-corrected chi connectivity index (χ4v) is 2.91. The molecule has 0 spiro atoms. The van der Waals surface area contributed by atoms with Crippen molar-refractivity contribution in [3.63, 3.8) is 0 Å². The number of rotatable bonds is 6. The Labute approximate surface area is 124 Å². The predicted octanol–water partition coefficient (Wildman–Crippen LogP) is 2.07. The van der Waals surface area contributed by atoms with E-state index in [9.17, 15) is 19.4 Å². The zero-order chi connectivity index (χ0) is 16.0. The Morgan fingerprint density at radius 3 is 2.33 bits per heavy atom. The molecule has 0 bridgehead atoms. The highest BCUT2D eigenvalue weighted by molar-refractivity contribution is 7.62. The number of hydrogen-bond acceptors (Lipinski definition) is 5. The van der Waals surface area contributed by atoms with E-state index in [1.165, 1.54) is 6.92 Å². The van der Waals surface area contributed by atoms with Gasteiger partial charge in [-0.15, -0.1) is 0 Å². The van der Waals surface area contributed by atoms with Crippen LogP contribution in [0.4, 0.5) is 0 Å². The first-order chi connectivity index (χ1) is 9.69. The highest BCUT2D eigenvalue weighted by atomic mass is 31.2. The Morgan fingerprint density at radius 2 is 1.86 bits per heavy atom. The molecule has 0 saturated carbocycles. The van der Waals surface area contributed by atoms with Gasteiger partial charge in [0.15, 0.2) is 0 Å². The summed E-state index contributed by atoms with van der Waals surface area (Å²) in [5.74, 6) is -1.15. The Bertz CT molecular complexity index is 540. The molecule has 1 atom stereocenters. The fraction of sp³-hybridized carbons (Fsp3) is 0.429. The first-order valence-electron chi connectivity index (χ1n) is 6.46. The van der Waals surface area contributed by atoms with Gasteiger partial charge in [0.1, 0.15) is 6.10 Å². The lowest BCUT2D eigenvalue weighted by Gasteiger charge is -2.23. The molecular formula is C14H20NO5P. The van der Waals surface area contributed by atoms with Crippen molar-refractivity contribution in [2.24, 2.45) is 0 Å². The lowest BCUT2D eigenvalue weighted by molar-refractivity contribution is -0.167. The maximum absolute atomic E-state index is 12.0. The van der Waals surface area contributed by atoms with Crippen LogP contribution in [-0.4, -0.2) is 54.3 Å². The highest BCUT2D eigenvalue weighted by Gasteiger charge is 2.25. The molecule has 0 saturated heterocycles. The van der Waals surface area contributed by atoms with Crippen LogP contribution < -0.4 is 0 Å². The van der Waals surface area contributed by atoms with Gasteiger partial charge in [0.05, 0.1) is 19.3 Å². The van der Waals surface area contributed by atoms with Crippen molar-refractivity contribution in [1.82, 2.24) is 5.06 Å². The van der Waals surface area contributed by atoms with Crippen molar-refractivity contribution >= 4 is 19.0 Å². The Kier molecular flexibility index (Phi) is 6.12. The third-order valence-electron chi connectivity index (χ3n) is 2.67. The van der Waals surface area contributed by atoms with Crippen LogP contribution in [0.5, 0.6) is 0 Å². The molecule has 1 rings (SSSR count). The van der Waals surface area contributed by atoms with Gasteiger partial charge < -0.3 is 9.30 Å². The van der Waals surface area contributed by atoms with Crippen molar-refractivity contribution in [1.29, 1.82) is 0 Å². The van der Waals surface area contributed by atoms with Crippen LogP contribution in [-0.2, 0) is 14.1 Å². The van der Waals surface area contributed by atoms with Crippen LogP contribution in [0.3, 0.4) is 0 Å². The monoisotopic (exact) mass is 313 g/mol. The third-order valence-corrected chi connectivity index (χ3v) is 3.95. The van der Waals surface area contributed by atoms with Crippen LogP contribution in [0.2, 0.25) is 0 Å². The Hall–Kier alpha value is -1.65. The number of nitrogens with zero attached hydrogens (tertiary/aromatic N) is 1. The van der Waals surface area contributed by atoms with E-state index in [4.69, 9.17) is 4.74 Å². The molecule has 0 radical (unpaired) electrons. The van der Waals surface area contributed by atoms with Gasteiger partial charge in [0, 0.05) is 13.1 Å². The first kappa shape index (κ1) is 17.4. The smallest absolute Gasteiger partial charge is 0.338 e. The van der Waals surface area contributed by atoms with Gasteiger partial charge in [-0.25, -0.2) is 9.86 Å². The molecule has 0 heterocycles. The highest BCUT2D eigenvalue weighted by Crippen LogP contribution is 2.37. The second-order valence-corrected chi connectivity index (χ2v) is 8.76.